The smallest absolute Gasteiger partial charge is 0.248 e. The maximum Gasteiger partial charge on any atom is 0.248 e. The van der Waals surface area contributed by atoms with Gasteiger partial charge in [0.25, 0.3) is 0 Å². The molecule has 0 aliphatic heterocycles. The normalized spacial score (nSPS) is 10.8. The molecule has 0 aliphatic carbocycles. The molecule has 21 heavy (non-hydrogen) atoms. The summed E-state index contributed by atoms with van der Waals surface area (Å²) in [6, 6.07) is 7.32. The number of hydrogen-bond donors (Lipinski definition) is 1. The van der Waals surface area contributed by atoms with Gasteiger partial charge in [-0.15, -0.1) is 0 Å². The molecule has 0 bridgehead atoms. The van der Waals surface area contributed by atoms with Gasteiger partial charge in [-0.1, -0.05) is 45.1 Å². The summed E-state index contributed by atoms with van der Waals surface area (Å²) < 4.78 is 5.07. The van der Waals surface area contributed by atoms with Crippen LogP contribution in [0.2, 0.25) is 0 Å². The highest BCUT2D eigenvalue weighted by molar-refractivity contribution is 5.99. The third kappa shape index (κ3) is 8.18. The molecule has 0 fully saturated rings. The second-order valence-corrected chi connectivity index (χ2v) is 5.18. The summed E-state index contributed by atoms with van der Waals surface area (Å²) >= 11 is 0. The molecular weight excluding hydrogens is 262 g/mol. The average Bonchev–Trinajstić information content (AvgIpc) is 2.50. The SMILES string of the molecule is CCCCCCCC/C=C/C(=O)Nc1ccc(OC)cc1. The molecule has 1 N–H and O–H groups in total. The fourth-order valence-electron chi connectivity index (χ4n) is 2.09. The van der Waals surface area contributed by atoms with Gasteiger partial charge in [-0.25, -0.2) is 0 Å². The molecular formula is C18H27NO2. The van der Waals surface area contributed by atoms with Gasteiger partial charge in [-0.05, 0) is 43.2 Å². The number of amides is 1. The maximum atomic E-state index is 11.7. The van der Waals surface area contributed by atoms with Gasteiger partial charge in [0.2, 0.25) is 5.91 Å². The lowest BCUT2D eigenvalue weighted by molar-refractivity contribution is -0.111. The second kappa shape index (κ2) is 11.0. The van der Waals surface area contributed by atoms with Gasteiger partial charge in [-0.2, -0.15) is 0 Å². The number of hydrogen-bond acceptors (Lipinski definition) is 2. The van der Waals surface area contributed by atoms with Crippen LogP contribution >= 0.6 is 0 Å². The maximum absolute atomic E-state index is 11.7. The van der Waals surface area contributed by atoms with E-state index in [1.165, 1.54) is 32.1 Å². The fraction of sp³-hybridized carbons (Fsp3) is 0.500. The summed E-state index contributed by atoms with van der Waals surface area (Å²) in [5, 5.41) is 2.83. The Bertz CT molecular complexity index is 423. The lowest BCUT2D eigenvalue weighted by Crippen LogP contribution is -2.07. The zero-order valence-corrected chi connectivity index (χ0v) is 13.2. The third-order valence-corrected chi connectivity index (χ3v) is 3.35. The Balaban J connectivity index is 2.16. The summed E-state index contributed by atoms with van der Waals surface area (Å²) in [5.74, 6) is 0.706. The largest absolute Gasteiger partial charge is 0.497 e. The Kier molecular flexibility index (Phi) is 9.01. The first-order valence-corrected chi connectivity index (χ1v) is 7.88. The number of nitrogens with one attached hydrogen (secondary N) is 1. The van der Waals surface area contributed by atoms with Crippen LogP contribution in [0.4, 0.5) is 5.69 Å². The van der Waals surface area contributed by atoms with Gasteiger partial charge in [0.15, 0.2) is 0 Å². The van der Waals surface area contributed by atoms with E-state index in [9.17, 15) is 4.79 Å². The quantitative estimate of drug-likeness (QED) is 0.489. The van der Waals surface area contributed by atoms with Crippen LogP contribution < -0.4 is 10.1 Å². The summed E-state index contributed by atoms with van der Waals surface area (Å²) in [5.41, 5.74) is 0.782. The fourth-order valence-corrected chi connectivity index (χ4v) is 2.09. The van der Waals surface area contributed by atoms with Gasteiger partial charge in [-0.3, -0.25) is 4.79 Å². The molecule has 3 heteroatoms. The van der Waals surface area contributed by atoms with Crippen molar-refractivity contribution in [2.75, 3.05) is 12.4 Å². The van der Waals surface area contributed by atoms with Crippen molar-refractivity contribution in [3.8, 4) is 5.75 Å². The highest BCUT2D eigenvalue weighted by atomic mass is 16.5. The molecule has 1 aromatic rings. The molecule has 0 saturated heterocycles. The summed E-state index contributed by atoms with van der Waals surface area (Å²) in [6.45, 7) is 2.23. The van der Waals surface area contributed by atoms with Crippen molar-refractivity contribution in [3.05, 3.63) is 36.4 Å². The minimum Gasteiger partial charge on any atom is -0.497 e. The Hall–Kier alpha value is -1.77. The van der Waals surface area contributed by atoms with E-state index in [0.29, 0.717) is 0 Å². The molecule has 0 aliphatic rings. The highest BCUT2D eigenvalue weighted by Gasteiger charge is 1.98. The van der Waals surface area contributed by atoms with Gasteiger partial charge in [0, 0.05) is 5.69 Å². The molecule has 0 heterocycles. The van der Waals surface area contributed by atoms with Crippen molar-refractivity contribution in [2.24, 2.45) is 0 Å². The van der Waals surface area contributed by atoms with Crippen molar-refractivity contribution in [1.82, 2.24) is 0 Å². The van der Waals surface area contributed by atoms with E-state index in [-0.39, 0.29) is 5.91 Å². The van der Waals surface area contributed by atoms with Crippen LogP contribution in [-0.2, 0) is 4.79 Å². The average molecular weight is 289 g/mol. The molecule has 0 unspecified atom stereocenters. The lowest BCUT2D eigenvalue weighted by Gasteiger charge is -2.03. The van der Waals surface area contributed by atoms with Gasteiger partial charge < -0.3 is 10.1 Å². The van der Waals surface area contributed by atoms with Crippen molar-refractivity contribution < 1.29 is 9.53 Å². The standard InChI is InChI=1S/C18H27NO2/c1-3-4-5-6-7-8-9-10-11-18(20)19-16-12-14-17(21-2)15-13-16/h10-15H,3-9H2,1-2H3,(H,19,20)/b11-10+. The predicted molar refractivity (Wildman–Crippen MR) is 88.8 cm³/mol. The summed E-state index contributed by atoms with van der Waals surface area (Å²) in [4.78, 5) is 11.7. The first-order chi connectivity index (χ1) is 10.3. The predicted octanol–water partition coefficient (Wildman–Crippen LogP) is 4.94. The van der Waals surface area contributed by atoms with Crippen LogP contribution in [0, 0.1) is 0 Å². The molecule has 3 nitrogen and oxygen atoms in total. The first kappa shape index (κ1) is 17.3. The Labute approximate surface area is 128 Å². The number of ether oxygens (including phenoxy) is 1. The van der Waals surface area contributed by atoms with Crippen molar-refractivity contribution in [2.45, 2.75) is 51.9 Å². The molecule has 0 spiro atoms. The molecule has 0 saturated carbocycles. The van der Waals surface area contributed by atoms with E-state index < -0.39 is 0 Å². The van der Waals surface area contributed by atoms with Gasteiger partial charge >= 0.3 is 0 Å². The van der Waals surface area contributed by atoms with Crippen LogP contribution in [0.5, 0.6) is 5.75 Å². The van der Waals surface area contributed by atoms with E-state index in [1.54, 1.807) is 13.2 Å². The first-order valence-electron chi connectivity index (χ1n) is 7.88. The Morgan fingerprint density at radius 2 is 1.76 bits per heavy atom. The zero-order valence-electron chi connectivity index (χ0n) is 13.2. The second-order valence-electron chi connectivity index (χ2n) is 5.18. The number of carbonyl (C=O) groups is 1. The number of carbonyl (C=O) groups excluding carboxylic acids is 1. The number of benzene rings is 1. The monoisotopic (exact) mass is 289 g/mol. The van der Waals surface area contributed by atoms with E-state index in [1.807, 2.05) is 30.3 Å². The zero-order chi connectivity index (χ0) is 15.3. The van der Waals surface area contributed by atoms with Gasteiger partial charge in [0.05, 0.1) is 7.11 Å². The molecule has 0 aromatic heterocycles. The van der Waals surface area contributed by atoms with Crippen LogP contribution in [0.3, 0.4) is 0 Å². The molecule has 0 radical (unpaired) electrons. The Morgan fingerprint density at radius 1 is 1.10 bits per heavy atom. The van der Waals surface area contributed by atoms with Crippen LogP contribution in [0.1, 0.15) is 51.9 Å². The molecule has 116 valence electrons. The van der Waals surface area contributed by atoms with Crippen LogP contribution in [0.25, 0.3) is 0 Å². The van der Waals surface area contributed by atoms with E-state index in [4.69, 9.17) is 4.74 Å². The van der Waals surface area contributed by atoms with Gasteiger partial charge in [0.1, 0.15) is 5.75 Å². The summed E-state index contributed by atoms with van der Waals surface area (Å²) in [7, 11) is 1.62. The minimum atomic E-state index is -0.0776. The van der Waals surface area contributed by atoms with Crippen LogP contribution in [-0.4, -0.2) is 13.0 Å². The highest BCUT2D eigenvalue weighted by Crippen LogP contribution is 2.15. The number of unbranched alkanes of at least 4 members (excludes halogenated alkanes) is 6. The number of allylic oxidation sites excluding steroid dienone is 1. The lowest BCUT2D eigenvalue weighted by atomic mass is 10.1. The molecule has 1 rings (SSSR count). The number of anilines is 1. The van der Waals surface area contributed by atoms with Crippen molar-refractivity contribution in [1.29, 1.82) is 0 Å². The van der Waals surface area contributed by atoms with Crippen molar-refractivity contribution >= 4 is 11.6 Å². The molecule has 1 aromatic carbocycles. The van der Waals surface area contributed by atoms with E-state index in [2.05, 4.69) is 12.2 Å². The van der Waals surface area contributed by atoms with E-state index in [0.717, 1.165) is 24.3 Å². The number of rotatable bonds is 10. The topological polar surface area (TPSA) is 38.3 Å². The minimum absolute atomic E-state index is 0.0776. The third-order valence-electron chi connectivity index (χ3n) is 3.35. The molecule has 1 amide bonds. The van der Waals surface area contributed by atoms with E-state index >= 15 is 0 Å². The number of methoxy groups -OCH3 is 1. The van der Waals surface area contributed by atoms with Crippen molar-refractivity contribution in [3.63, 3.8) is 0 Å². The van der Waals surface area contributed by atoms with Crippen LogP contribution in [0.15, 0.2) is 36.4 Å². The summed E-state index contributed by atoms with van der Waals surface area (Å²) in [6.07, 6.45) is 12.2. The Morgan fingerprint density at radius 3 is 2.43 bits per heavy atom. The molecule has 0 atom stereocenters.